The minimum atomic E-state index is -0.560. The molecule has 1 heterocycles. The Morgan fingerprint density at radius 2 is 1.69 bits per heavy atom. The Labute approximate surface area is 156 Å². The van der Waals surface area contributed by atoms with Crippen molar-refractivity contribution < 1.29 is 19.1 Å². The van der Waals surface area contributed by atoms with Gasteiger partial charge in [-0.1, -0.05) is 42.8 Å². The van der Waals surface area contributed by atoms with Gasteiger partial charge in [-0.3, -0.25) is 9.59 Å². The summed E-state index contributed by atoms with van der Waals surface area (Å²) in [7, 11) is 1.56. The maximum absolute atomic E-state index is 13.0. The van der Waals surface area contributed by atoms with Gasteiger partial charge < -0.3 is 9.47 Å². The number of halogens is 1. The largest absolute Gasteiger partial charge is 0.497 e. The van der Waals surface area contributed by atoms with Crippen LogP contribution >= 0.6 is 11.6 Å². The fourth-order valence-corrected chi connectivity index (χ4v) is 2.98. The highest BCUT2D eigenvalue weighted by atomic mass is 35.5. The molecule has 134 valence electrons. The van der Waals surface area contributed by atoms with Crippen molar-refractivity contribution in [3.05, 3.63) is 59.1 Å². The van der Waals surface area contributed by atoms with E-state index in [0.29, 0.717) is 29.4 Å². The quantitative estimate of drug-likeness (QED) is 0.720. The van der Waals surface area contributed by atoms with Gasteiger partial charge in [0.05, 0.1) is 25.0 Å². The summed E-state index contributed by atoms with van der Waals surface area (Å²) in [5, 5.41) is -0.106. The number of imide groups is 1. The molecule has 0 radical (unpaired) electrons. The van der Waals surface area contributed by atoms with Crippen LogP contribution in [0.25, 0.3) is 5.57 Å². The molecule has 5 nitrogen and oxygen atoms in total. The first-order chi connectivity index (χ1) is 12.6. The zero-order valence-electron chi connectivity index (χ0n) is 14.5. The summed E-state index contributed by atoms with van der Waals surface area (Å²) in [6.45, 7) is 2.47. The summed E-state index contributed by atoms with van der Waals surface area (Å²) < 4.78 is 10.8. The molecule has 0 atom stereocenters. The molecule has 0 aromatic heterocycles. The number of nitrogens with zero attached hydrogens (tertiary/aromatic N) is 1. The SMILES string of the molecule is CCCOc1ccccc1N1C(=O)C(Cl)=C(c2ccc(OC)cc2)C1=O. The van der Waals surface area contributed by atoms with E-state index in [4.69, 9.17) is 21.1 Å². The van der Waals surface area contributed by atoms with Crippen LogP contribution in [0, 0.1) is 0 Å². The fourth-order valence-electron chi connectivity index (χ4n) is 2.71. The smallest absolute Gasteiger partial charge is 0.277 e. The molecule has 1 aliphatic rings. The van der Waals surface area contributed by atoms with Crippen molar-refractivity contribution in [2.45, 2.75) is 13.3 Å². The first-order valence-corrected chi connectivity index (χ1v) is 8.61. The minimum Gasteiger partial charge on any atom is -0.497 e. The molecule has 1 aliphatic heterocycles. The van der Waals surface area contributed by atoms with Gasteiger partial charge in [0.2, 0.25) is 0 Å². The zero-order chi connectivity index (χ0) is 18.7. The van der Waals surface area contributed by atoms with Gasteiger partial charge in [0.25, 0.3) is 11.8 Å². The maximum Gasteiger partial charge on any atom is 0.277 e. The predicted molar refractivity (Wildman–Crippen MR) is 100 cm³/mol. The topological polar surface area (TPSA) is 55.8 Å². The number of ether oxygens (including phenoxy) is 2. The standard InChI is InChI=1S/C20H18ClNO4/c1-3-12-26-16-7-5-4-6-15(16)22-19(23)17(18(21)20(22)24)13-8-10-14(25-2)11-9-13/h4-11H,3,12H2,1-2H3. The lowest BCUT2D eigenvalue weighted by Gasteiger charge is -2.19. The van der Waals surface area contributed by atoms with E-state index in [0.717, 1.165) is 11.3 Å². The third-order valence-electron chi connectivity index (χ3n) is 3.97. The van der Waals surface area contributed by atoms with Gasteiger partial charge in [0.15, 0.2) is 0 Å². The summed E-state index contributed by atoms with van der Waals surface area (Å²) in [5.41, 5.74) is 1.12. The Bertz CT molecular complexity index is 874. The molecular formula is C20H18ClNO4. The molecule has 2 aromatic carbocycles. The number of anilines is 1. The monoisotopic (exact) mass is 371 g/mol. The van der Waals surface area contributed by atoms with Crippen LogP contribution in [-0.4, -0.2) is 25.5 Å². The van der Waals surface area contributed by atoms with Crippen molar-refractivity contribution in [2.24, 2.45) is 0 Å². The Kier molecular flexibility index (Phi) is 5.28. The van der Waals surface area contributed by atoms with Crippen LogP contribution in [0.5, 0.6) is 11.5 Å². The van der Waals surface area contributed by atoms with Gasteiger partial charge in [-0.25, -0.2) is 4.90 Å². The maximum atomic E-state index is 13.0. The van der Waals surface area contributed by atoms with Gasteiger partial charge >= 0.3 is 0 Å². The molecule has 0 fully saturated rings. The van der Waals surface area contributed by atoms with E-state index in [2.05, 4.69) is 0 Å². The van der Waals surface area contributed by atoms with Gasteiger partial charge in [0.1, 0.15) is 16.5 Å². The Balaban J connectivity index is 1.98. The fraction of sp³-hybridized carbons (Fsp3) is 0.200. The molecule has 3 rings (SSSR count). The number of amides is 2. The molecule has 0 saturated carbocycles. The van der Waals surface area contributed by atoms with Gasteiger partial charge in [0, 0.05) is 0 Å². The number of rotatable bonds is 6. The molecule has 26 heavy (non-hydrogen) atoms. The number of methoxy groups -OCH3 is 1. The summed E-state index contributed by atoms with van der Waals surface area (Å²) in [6.07, 6.45) is 0.812. The predicted octanol–water partition coefficient (Wildman–Crippen LogP) is 4.01. The molecule has 0 bridgehead atoms. The van der Waals surface area contributed by atoms with Crippen LogP contribution in [0.1, 0.15) is 18.9 Å². The molecule has 6 heteroatoms. The van der Waals surface area contributed by atoms with Crippen molar-refractivity contribution in [1.82, 2.24) is 0 Å². The molecule has 2 aromatic rings. The third kappa shape index (κ3) is 3.18. The van der Waals surface area contributed by atoms with E-state index in [1.54, 1.807) is 55.6 Å². The van der Waals surface area contributed by atoms with E-state index in [1.165, 1.54) is 0 Å². The number of hydrogen-bond donors (Lipinski definition) is 0. The van der Waals surface area contributed by atoms with Crippen LogP contribution in [0.4, 0.5) is 5.69 Å². The van der Waals surface area contributed by atoms with E-state index in [1.807, 2.05) is 6.92 Å². The normalized spacial score (nSPS) is 14.2. The van der Waals surface area contributed by atoms with E-state index in [9.17, 15) is 9.59 Å². The Hall–Kier alpha value is -2.79. The lowest BCUT2D eigenvalue weighted by molar-refractivity contribution is -0.119. The molecule has 0 unspecified atom stereocenters. The number of para-hydroxylation sites is 2. The second-order valence-corrected chi connectivity index (χ2v) is 6.06. The van der Waals surface area contributed by atoms with Crippen molar-refractivity contribution in [3.8, 4) is 11.5 Å². The van der Waals surface area contributed by atoms with Gasteiger partial charge in [-0.15, -0.1) is 0 Å². The second-order valence-electron chi connectivity index (χ2n) is 5.68. The van der Waals surface area contributed by atoms with Crippen LogP contribution in [-0.2, 0) is 9.59 Å². The van der Waals surface area contributed by atoms with Crippen LogP contribution in [0.15, 0.2) is 53.6 Å². The molecule has 2 amide bonds. The number of benzene rings is 2. The number of hydrogen-bond acceptors (Lipinski definition) is 4. The van der Waals surface area contributed by atoms with Crippen LogP contribution in [0.3, 0.4) is 0 Å². The summed E-state index contributed by atoms with van der Waals surface area (Å²) >= 11 is 6.23. The number of carbonyl (C=O) groups is 2. The average Bonchev–Trinajstić information content (AvgIpc) is 2.89. The van der Waals surface area contributed by atoms with Crippen LogP contribution < -0.4 is 14.4 Å². The van der Waals surface area contributed by atoms with Crippen molar-refractivity contribution in [3.63, 3.8) is 0 Å². The summed E-state index contributed by atoms with van der Waals surface area (Å²) in [5.74, 6) is 0.0849. The Morgan fingerprint density at radius 3 is 2.35 bits per heavy atom. The highest BCUT2D eigenvalue weighted by Crippen LogP contribution is 2.38. The minimum absolute atomic E-state index is 0.106. The first-order valence-electron chi connectivity index (χ1n) is 8.23. The van der Waals surface area contributed by atoms with Gasteiger partial charge in [-0.05, 0) is 36.2 Å². The van der Waals surface area contributed by atoms with E-state index >= 15 is 0 Å². The molecule has 0 spiro atoms. The van der Waals surface area contributed by atoms with Crippen molar-refractivity contribution >= 4 is 34.7 Å². The highest BCUT2D eigenvalue weighted by molar-refractivity contribution is 6.60. The number of carbonyl (C=O) groups excluding carboxylic acids is 2. The lowest BCUT2D eigenvalue weighted by atomic mass is 10.1. The summed E-state index contributed by atoms with van der Waals surface area (Å²) in [4.78, 5) is 26.7. The zero-order valence-corrected chi connectivity index (χ0v) is 15.2. The van der Waals surface area contributed by atoms with Crippen LogP contribution in [0.2, 0.25) is 0 Å². The average molecular weight is 372 g/mol. The van der Waals surface area contributed by atoms with Crippen molar-refractivity contribution in [1.29, 1.82) is 0 Å². The van der Waals surface area contributed by atoms with Crippen molar-refractivity contribution in [2.75, 3.05) is 18.6 Å². The van der Waals surface area contributed by atoms with E-state index in [-0.39, 0.29) is 10.6 Å². The first kappa shape index (κ1) is 18.0. The van der Waals surface area contributed by atoms with Gasteiger partial charge in [-0.2, -0.15) is 0 Å². The molecule has 0 saturated heterocycles. The highest BCUT2D eigenvalue weighted by Gasteiger charge is 2.40. The molecule has 0 aliphatic carbocycles. The summed E-state index contributed by atoms with van der Waals surface area (Å²) in [6, 6.07) is 13.8. The lowest BCUT2D eigenvalue weighted by Crippen LogP contribution is -2.31. The van der Waals surface area contributed by atoms with E-state index < -0.39 is 11.8 Å². The molecular weight excluding hydrogens is 354 g/mol. The Morgan fingerprint density at radius 1 is 1.00 bits per heavy atom. The molecule has 0 N–H and O–H groups in total. The second kappa shape index (κ2) is 7.62. The third-order valence-corrected chi connectivity index (χ3v) is 4.32.